The summed E-state index contributed by atoms with van der Waals surface area (Å²) in [6, 6.07) is 11.7. The van der Waals surface area contributed by atoms with Crippen molar-refractivity contribution in [1.29, 1.82) is 0 Å². The Hall–Kier alpha value is -2.41. The topological polar surface area (TPSA) is 98.5 Å². The minimum atomic E-state index is -1.02. The molecule has 0 bridgehead atoms. The first-order valence-electron chi connectivity index (χ1n) is 8.52. The van der Waals surface area contributed by atoms with Gasteiger partial charge in [0.15, 0.2) is 0 Å². The van der Waals surface area contributed by atoms with E-state index in [0.29, 0.717) is 0 Å². The van der Waals surface area contributed by atoms with Gasteiger partial charge in [-0.25, -0.2) is 4.79 Å². The Morgan fingerprint density at radius 3 is 2.21 bits per heavy atom. The molecule has 0 spiro atoms. The van der Waals surface area contributed by atoms with Crippen molar-refractivity contribution < 1.29 is 19.1 Å². The van der Waals surface area contributed by atoms with Crippen molar-refractivity contribution in [3.05, 3.63) is 58.1 Å². The van der Waals surface area contributed by atoms with Gasteiger partial charge in [0.1, 0.15) is 11.8 Å². The number of nitrogens with two attached hydrogens (primary N) is 1. The summed E-state index contributed by atoms with van der Waals surface area (Å²) >= 11 is 12.6. The van der Waals surface area contributed by atoms with Gasteiger partial charge in [-0.1, -0.05) is 53.5 Å². The van der Waals surface area contributed by atoms with Gasteiger partial charge in [-0.2, -0.15) is 0 Å². The highest BCUT2D eigenvalue weighted by molar-refractivity contribution is 6.40. The highest BCUT2D eigenvalue weighted by Gasteiger charge is 2.25. The zero-order valence-electron chi connectivity index (χ0n) is 15.2. The number of hydrogen-bond acceptors (Lipinski definition) is 5. The van der Waals surface area contributed by atoms with Gasteiger partial charge >= 0.3 is 5.97 Å². The van der Waals surface area contributed by atoms with Crippen molar-refractivity contribution in [3.63, 3.8) is 0 Å². The molecule has 8 heteroatoms. The molecule has 1 amide bonds. The number of halogens is 2. The van der Waals surface area contributed by atoms with Gasteiger partial charge in [0, 0.05) is 6.42 Å². The molecule has 2 aromatic rings. The van der Waals surface area contributed by atoms with E-state index in [0.717, 1.165) is 11.1 Å². The maximum absolute atomic E-state index is 12.7. The minimum absolute atomic E-state index is 0.0327. The summed E-state index contributed by atoms with van der Waals surface area (Å²) in [6.45, 7) is -0.138. The van der Waals surface area contributed by atoms with Crippen LogP contribution in [0.4, 0.5) is 0 Å². The van der Waals surface area contributed by atoms with Gasteiger partial charge < -0.3 is 15.8 Å². The van der Waals surface area contributed by atoms with Crippen LogP contribution in [0.2, 0.25) is 10.0 Å². The molecule has 3 N–H and O–H groups in total. The molecule has 1 atom stereocenters. The van der Waals surface area contributed by atoms with Crippen LogP contribution in [0.5, 0.6) is 0 Å². The fourth-order valence-electron chi connectivity index (χ4n) is 2.62. The Morgan fingerprint density at radius 1 is 1.07 bits per heavy atom. The number of rotatable bonds is 8. The zero-order chi connectivity index (χ0) is 20.7. The molecule has 0 fully saturated rings. The van der Waals surface area contributed by atoms with Gasteiger partial charge in [-0.15, -0.1) is 0 Å². The van der Waals surface area contributed by atoms with Gasteiger partial charge in [0.05, 0.1) is 29.3 Å². The lowest BCUT2D eigenvalue weighted by Gasteiger charge is -2.17. The average molecular weight is 423 g/mol. The largest absolute Gasteiger partial charge is 0.467 e. The van der Waals surface area contributed by atoms with Crippen LogP contribution in [-0.4, -0.2) is 37.4 Å². The number of amides is 1. The number of Topliss-reactive ketones (excluding diaryl/α,β-unsaturated/α-hetero) is 1. The lowest BCUT2D eigenvalue weighted by atomic mass is 10.0. The van der Waals surface area contributed by atoms with Crippen LogP contribution >= 0.6 is 23.2 Å². The van der Waals surface area contributed by atoms with Crippen LogP contribution < -0.4 is 11.1 Å². The first kappa shape index (κ1) is 21.9. The molecule has 148 valence electrons. The van der Waals surface area contributed by atoms with Gasteiger partial charge in [-0.05, 0) is 29.7 Å². The SMILES string of the molecule is COC(=O)[C@H](CCC(=O)CN)NC(=O)c1c(Cl)cc(-c2ccccc2)cc1Cl. The van der Waals surface area contributed by atoms with E-state index in [1.165, 1.54) is 7.11 Å². The Kier molecular flexibility index (Phi) is 7.99. The molecule has 2 rings (SSSR count). The number of nitrogens with one attached hydrogen (secondary N) is 1. The van der Waals surface area contributed by atoms with Gasteiger partial charge in [0.25, 0.3) is 5.91 Å². The van der Waals surface area contributed by atoms with Crippen LogP contribution in [-0.2, 0) is 14.3 Å². The number of ketones is 1. The zero-order valence-corrected chi connectivity index (χ0v) is 16.7. The molecule has 28 heavy (non-hydrogen) atoms. The number of methoxy groups -OCH3 is 1. The van der Waals surface area contributed by atoms with Crippen LogP contribution in [0.3, 0.4) is 0 Å². The molecule has 0 unspecified atom stereocenters. The van der Waals surface area contributed by atoms with Crippen LogP contribution in [0.15, 0.2) is 42.5 Å². The van der Waals surface area contributed by atoms with E-state index >= 15 is 0 Å². The lowest BCUT2D eigenvalue weighted by molar-refractivity contribution is -0.143. The molecule has 0 aromatic heterocycles. The fourth-order valence-corrected chi connectivity index (χ4v) is 3.28. The third-order valence-electron chi connectivity index (χ3n) is 4.11. The second-order valence-electron chi connectivity index (χ2n) is 6.01. The van der Waals surface area contributed by atoms with Crippen molar-refractivity contribution in [2.45, 2.75) is 18.9 Å². The minimum Gasteiger partial charge on any atom is -0.467 e. The summed E-state index contributed by atoms with van der Waals surface area (Å²) in [5, 5.41) is 2.82. The number of carbonyl (C=O) groups is 3. The first-order chi connectivity index (χ1) is 13.4. The predicted octanol–water partition coefficient (Wildman–Crippen LogP) is 3.24. The third kappa shape index (κ3) is 5.55. The molecule has 6 nitrogen and oxygen atoms in total. The van der Waals surface area contributed by atoms with Crippen molar-refractivity contribution in [3.8, 4) is 11.1 Å². The first-order valence-corrected chi connectivity index (χ1v) is 9.27. The van der Waals surface area contributed by atoms with E-state index in [-0.39, 0.29) is 40.8 Å². The van der Waals surface area contributed by atoms with E-state index in [9.17, 15) is 14.4 Å². The lowest BCUT2D eigenvalue weighted by Crippen LogP contribution is -2.42. The second kappa shape index (κ2) is 10.2. The Balaban J connectivity index is 2.24. The highest BCUT2D eigenvalue weighted by Crippen LogP contribution is 2.31. The average Bonchev–Trinajstić information content (AvgIpc) is 2.70. The second-order valence-corrected chi connectivity index (χ2v) is 6.83. The maximum atomic E-state index is 12.7. The molecule has 0 aliphatic heterocycles. The number of esters is 1. The van der Waals surface area contributed by atoms with E-state index < -0.39 is 17.9 Å². The quantitative estimate of drug-likeness (QED) is 0.636. The summed E-state index contributed by atoms with van der Waals surface area (Å²) in [5.74, 6) is -1.54. The van der Waals surface area contributed by atoms with E-state index in [1.807, 2.05) is 30.3 Å². The van der Waals surface area contributed by atoms with Crippen LogP contribution in [0.1, 0.15) is 23.2 Å². The monoisotopic (exact) mass is 422 g/mol. The van der Waals surface area contributed by atoms with Crippen molar-refractivity contribution >= 4 is 40.9 Å². The van der Waals surface area contributed by atoms with Crippen LogP contribution in [0, 0.1) is 0 Å². The normalized spacial score (nSPS) is 11.6. The molecule has 0 aliphatic rings. The molecule has 2 aromatic carbocycles. The smallest absolute Gasteiger partial charge is 0.328 e. The third-order valence-corrected chi connectivity index (χ3v) is 4.70. The van der Waals surface area contributed by atoms with E-state index in [4.69, 9.17) is 33.7 Å². The Labute approximate surface area is 173 Å². The summed E-state index contributed by atoms with van der Waals surface area (Å²) in [6.07, 6.45) is 0.0940. The summed E-state index contributed by atoms with van der Waals surface area (Å²) in [4.78, 5) is 36.1. The maximum Gasteiger partial charge on any atom is 0.328 e. The van der Waals surface area contributed by atoms with E-state index in [2.05, 4.69) is 5.32 Å². The number of hydrogen-bond donors (Lipinski definition) is 2. The van der Waals surface area contributed by atoms with Gasteiger partial charge in [-0.3, -0.25) is 9.59 Å². The Bertz CT molecular complexity index is 849. The number of carbonyl (C=O) groups excluding carboxylic acids is 3. The van der Waals surface area contributed by atoms with Crippen LogP contribution in [0.25, 0.3) is 11.1 Å². The van der Waals surface area contributed by atoms with Crippen molar-refractivity contribution in [2.24, 2.45) is 5.73 Å². The fraction of sp³-hybridized carbons (Fsp3) is 0.250. The van der Waals surface area contributed by atoms with E-state index in [1.54, 1.807) is 12.1 Å². The highest BCUT2D eigenvalue weighted by atomic mass is 35.5. The summed E-state index contributed by atoms with van der Waals surface area (Å²) in [5.41, 5.74) is 6.97. The van der Waals surface area contributed by atoms with Gasteiger partial charge in [0.2, 0.25) is 0 Å². The molecule has 0 saturated carbocycles. The predicted molar refractivity (Wildman–Crippen MR) is 108 cm³/mol. The molecule has 0 heterocycles. The standard InChI is InChI=1S/C20H20Cl2N2O4/c1-28-20(27)17(8-7-14(25)11-23)24-19(26)18-15(21)9-13(10-16(18)22)12-5-3-2-4-6-12/h2-6,9-10,17H,7-8,11,23H2,1H3,(H,24,26)/t17-/m0/s1. The van der Waals surface area contributed by atoms with Crippen molar-refractivity contribution in [2.75, 3.05) is 13.7 Å². The number of benzene rings is 2. The summed E-state index contributed by atoms with van der Waals surface area (Å²) < 4.78 is 4.69. The molecular weight excluding hydrogens is 403 g/mol. The van der Waals surface area contributed by atoms with Crippen molar-refractivity contribution in [1.82, 2.24) is 5.32 Å². The molecule has 0 aliphatic carbocycles. The molecule has 0 radical (unpaired) electrons. The Morgan fingerprint density at radius 2 is 1.68 bits per heavy atom. The summed E-state index contributed by atoms with van der Waals surface area (Å²) in [7, 11) is 1.20. The molecular formula is C20H20Cl2N2O4. The molecule has 0 saturated heterocycles. The number of ether oxygens (including phenoxy) is 1.